The lowest BCUT2D eigenvalue weighted by molar-refractivity contribution is -0.127. The number of hydrogen-bond acceptors (Lipinski definition) is 5. The van der Waals surface area contributed by atoms with Gasteiger partial charge in [-0.1, -0.05) is 36.4 Å². The molecule has 184 valence electrons. The lowest BCUT2D eigenvalue weighted by Gasteiger charge is -2.28. The van der Waals surface area contributed by atoms with E-state index in [0.717, 1.165) is 48.1 Å². The molecule has 1 fully saturated rings. The average Bonchev–Trinajstić information content (AvgIpc) is 2.93. The van der Waals surface area contributed by atoms with E-state index in [4.69, 9.17) is 5.73 Å². The van der Waals surface area contributed by atoms with Crippen molar-refractivity contribution in [1.82, 2.24) is 20.3 Å². The SMILES string of the molecule is NC[C@H]1CC[C@H](C(=O)NC(Cc2ccccc2)c2cc(-c3ccc4nc[nH]c(=O)c4c3)ccn2)CC1. The maximum atomic E-state index is 13.3. The van der Waals surface area contributed by atoms with E-state index in [1.54, 1.807) is 6.20 Å². The van der Waals surface area contributed by atoms with Crippen LogP contribution in [-0.2, 0) is 11.2 Å². The number of H-pyrrole nitrogens is 1. The third-order valence-corrected chi connectivity index (χ3v) is 7.26. The fraction of sp³-hybridized carbons (Fsp3) is 0.310. The van der Waals surface area contributed by atoms with E-state index < -0.39 is 0 Å². The smallest absolute Gasteiger partial charge is 0.258 e. The molecule has 1 unspecified atom stereocenters. The van der Waals surface area contributed by atoms with Gasteiger partial charge >= 0.3 is 0 Å². The second-order valence-electron chi connectivity index (χ2n) is 9.64. The number of hydrogen-bond donors (Lipinski definition) is 3. The number of nitrogens with two attached hydrogens (primary N) is 1. The molecule has 1 aliphatic carbocycles. The molecule has 7 heteroatoms. The van der Waals surface area contributed by atoms with Gasteiger partial charge in [0.05, 0.1) is 29.0 Å². The van der Waals surface area contributed by atoms with Crippen LogP contribution in [0.4, 0.5) is 0 Å². The van der Waals surface area contributed by atoms with Gasteiger partial charge in [0.25, 0.3) is 5.56 Å². The highest BCUT2D eigenvalue weighted by molar-refractivity contribution is 5.83. The first-order chi connectivity index (χ1) is 17.6. The van der Waals surface area contributed by atoms with Crippen LogP contribution in [0.3, 0.4) is 0 Å². The van der Waals surface area contributed by atoms with Crippen LogP contribution in [0.2, 0.25) is 0 Å². The Balaban J connectivity index is 1.43. The van der Waals surface area contributed by atoms with Crippen LogP contribution in [0.1, 0.15) is 43.0 Å². The number of rotatable bonds is 7. The van der Waals surface area contributed by atoms with Crippen molar-refractivity contribution >= 4 is 16.8 Å². The minimum absolute atomic E-state index is 0.00830. The standard InChI is InChI=1S/C29H31N5O2/c30-17-20-6-8-21(9-7-20)28(35)34-27(14-19-4-2-1-3-5-19)26-16-23(12-13-31-26)22-10-11-25-24(15-22)29(36)33-18-32-25/h1-5,10-13,15-16,18,20-21,27H,6-9,14,17,30H2,(H,34,35)(H,32,33,36)/t20-,21-,27?. The highest BCUT2D eigenvalue weighted by Gasteiger charge is 2.28. The van der Waals surface area contributed by atoms with Crippen molar-refractivity contribution in [3.05, 3.63) is 94.8 Å². The molecule has 5 rings (SSSR count). The summed E-state index contributed by atoms with van der Waals surface area (Å²) in [4.78, 5) is 37.1. The number of carbonyl (C=O) groups is 1. The van der Waals surface area contributed by atoms with E-state index >= 15 is 0 Å². The second kappa shape index (κ2) is 10.8. The van der Waals surface area contributed by atoms with Crippen LogP contribution in [0, 0.1) is 11.8 Å². The Kier molecular flexibility index (Phi) is 7.18. The van der Waals surface area contributed by atoms with Gasteiger partial charge in [-0.3, -0.25) is 14.6 Å². The number of aromatic nitrogens is 3. The first-order valence-corrected chi connectivity index (χ1v) is 12.6. The summed E-state index contributed by atoms with van der Waals surface area (Å²) in [7, 11) is 0. The van der Waals surface area contributed by atoms with Crippen LogP contribution in [0.15, 0.2) is 78.0 Å². The fourth-order valence-corrected chi connectivity index (χ4v) is 5.10. The zero-order valence-electron chi connectivity index (χ0n) is 20.2. The molecule has 2 aromatic carbocycles. The van der Waals surface area contributed by atoms with Gasteiger partial charge < -0.3 is 16.0 Å². The molecule has 2 aromatic heterocycles. The Morgan fingerprint density at radius 3 is 2.56 bits per heavy atom. The second-order valence-corrected chi connectivity index (χ2v) is 9.64. The average molecular weight is 482 g/mol. The van der Waals surface area contributed by atoms with E-state index in [0.29, 0.717) is 29.8 Å². The van der Waals surface area contributed by atoms with E-state index in [-0.39, 0.29) is 23.4 Å². The largest absolute Gasteiger partial charge is 0.347 e. The van der Waals surface area contributed by atoms with Crippen LogP contribution in [0.5, 0.6) is 0 Å². The molecular weight excluding hydrogens is 450 g/mol. The number of aromatic amines is 1. The Hall–Kier alpha value is -3.84. The molecule has 4 aromatic rings. The summed E-state index contributed by atoms with van der Waals surface area (Å²) in [5.74, 6) is 0.618. The van der Waals surface area contributed by atoms with Crippen molar-refractivity contribution in [2.24, 2.45) is 17.6 Å². The summed E-state index contributed by atoms with van der Waals surface area (Å²) < 4.78 is 0. The van der Waals surface area contributed by atoms with Gasteiger partial charge in [0, 0.05) is 12.1 Å². The first kappa shape index (κ1) is 23.9. The molecule has 7 nitrogen and oxygen atoms in total. The van der Waals surface area contributed by atoms with Crippen LogP contribution in [0.25, 0.3) is 22.0 Å². The minimum atomic E-state index is -0.266. The Bertz CT molecular complexity index is 1390. The zero-order chi connectivity index (χ0) is 24.9. The van der Waals surface area contributed by atoms with Crippen LogP contribution in [-0.4, -0.2) is 27.4 Å². The van der Waals surface area contributed by atoms with E-state index in [9.17, 15) is 9.59 Å². The van der Waals surface area contributed by atoms with Gasteiger partial charge in [-0.2, -0.15) is 0 Å². The molecule has 1 atom stereocenters. The molecule has 1 aliphatic rings. The Morgan fingerprint density at radius 2 is 1.78 bits per heavy atom. The summed E-state index contributed by atoms with van der Waals surface area (Å²) in [6, 6.07) is 19.4. The number of nitrogens with one attached hydrogen (secondary N) is 2. The predicted molar refractivity (Wildman–Crippen MR) is 141 cm³/mol. The number of carbonyl (C=O) groups excluding carboxylic acids is 1. The van der Waals surface area contributed by atoms with Crippen molar-refractivity contribution in [1.29, 1.82) is 0 Å². The van der Waals surface area contributed by atoms with E-state index in [1.807, 2.05) is 48.5 Å². The summed E-state index contributed by atoms with van der Waals surface area (Å²) in [6.07, 6.45) is 7.57. The molecule has 0 bridgehead atoms. The fourth-order valence-electron chi connectivity index (χ4n) is 5.10. The number of pyridine rings is 1. The van der Waals surface area contributed by atoms with Crippen molar-refractivity contribution < 1.29 is 4.79 Å². The third kappa shape index (κ3) is 5.36. The highest BCUT2D eigenvalue weighted by atomic mass is 16.2. The lowest BCUT2D eigenvalue weighted by atomic mass is 9.81. The topological polar surface area (TPSA) is 114 Å². The lowest BCUT2D eigenvalue weighted by Crippen LogP contribution is -2.37. The quantitative estimate of drug-likeness (QED) is 0.367. The van der Waals surface area contributed by atoms with Gasteiger partial charge in [0.2, 0.25) is 5.91 Å². The molecule has 1 saturated carbocycles. The number of benzene rings is 2. The Labute approximate surface area is 210 Å². The van der Waals surface area contributed by atoms with Crippen molar-refractivity contribution in [3.8, 4) is 11.1 Å². The Morgan fingerprint density at radius 1 is 1.00 bits per heavy atom. The van der Waals surface area contributed by atoms with E-state index in [1.165, 1.54) is 6.33 Å². The maximum absolute atomic E-state index is 13.3. The van der Waals surface area contributed by atoms with Crippen LogP contribution < -0.4 is 16.6 Å². The molecule has 2 heterocycles. The molecule has 0 saturated heterocycles. The summed E-state index contributed by atoms with van der Waals surface area (Å²) in [5.41, 5.74) is 10.1. The molecule has 0 spiro atoms. The van der Waals surface area contributed by atoms with Gasteiger partial charge in [0.1, 0.15) is 0 Å². The monoisotopic (exact) mass is 481 g/mol. The molecule has 0 radical (unpaired) electrons. The summed E-state index contributed by atoms with van der Waals surface area (Å²) in [6.45, 7) is 0.693. The normalized spacial score (nSPS) is 18.6. The van der Waals surface area contributed by atoms with E-state index in [2.05, 4.69) is 32.4 Å². The highest BCUT2D eigenvalue weighted by Crippen LogP contribution is 2.30. The van der Waals surface area contributed by atoms with Gasteiger partial charge in [0.15, 0.2) is 0 Å². The summed E-state index contributed by atoms with van der Waals surface area (Å²) in [5, 5.41) is 3.84. The molecular formula is C29H31N5O2. The third-order valence-electron chi connectivity index (χ3n) is 7.26. The van der Waals surface area contributed by atoms with Crippen LogP contribution >= 0.6 is 0 Å². The van der Waals surface area contributed by atoms with Crippen molar-refractivity contribution in [3.63, 3.8) is 0 Å². The van der Waals surface area contributed by atoms with Gasteiger partial charge in [-0.15, -0.1) is 0 Å². The molecule has 36 heavy (non-hydrogen) atoms. The predicted octanol–water partition coefficient (Wildman–Crippen LogP) is 4.15. The number of amides is 1. The molecule has 1 amide bonds. The molecule has 4 N–H and O–H groups in total. The zero-order valence-corrected chi connectivity index (χ0v) is 20.2. The number of nitrogens with zero attached hydrogens (tertiary/aromatic N) is 2. The van der Waals surface area contributed by atoms with Crippen molar-refractivity contribution in [2.75, 3.05) is 6.54 Å². The van der Waals surface area contributed by atoms with Gasteiger partial charge in [-0.05, 0) is 85.5 Å². The summed E-state index contributed by atoms with van der Waals surface area (Å²) >= 11 is 0. The van der Waals surface area contributed by atoms with Crippen molar-refractivity contribution in [2.45, 2.75) is 38.1 Å². The number of fused-ring (bicyclic) bond motifs is 1. The maximum Gasteiger partial charge on any atom is 0.258 e. The minimum Gasteiger partial charge on any atom is -0.347 e. The molecule has 0 aliphatic heterocycles. The van der Waals surface area contributed by atoms with Gasteiger partial charge in [-0.25, -0.2) is 4.98 Å². The first-order valence-electron chi connectivity index (χ1n) is 12.6.